The fourth-order valence-corrected chi connectivity index (χ4v) is 4.25. The first-order valence-electron chi connectivity index (χ1n) is 10.3. The van der Waals surface area contributed by atoms with E-state index in [0.29, 0.717) is 43.7 Å². The number of likely N-dealkylation sites (tertiary alicyclic amines) is 1. The molecule has 0 radical (unpaired) electrons. The maximum Gasteiger partial charge on any atom is 0.322 e. The van der Waals surface area contributed by atoms with Gasteiger partial charge in [-0.05, 0) is 49.7 Å². The number of rotatable bonds is 14. The summed E-state index contributed by atoms with van der Waals surface area (Å²) < 4.78 is 0. The Labute approximate surface area is 196 Å². The zero-order valence-electron chi connectivity index (χ0n) is 18.4. The normalized spacial score (nSPS) is 17.3. The molecular formula is C19H33N5O6S2. The van der Waals surface area contributed by atoms with Crippen LogP contribution >= 0.6 is 23.5 Å². The number of nitrogens with zero attached hydrogens (tertiary/aromatic N) is 1. The second-order valence-corrected chi connectivity index (χ2v) is 9.22. The molecule has 1 heterocycles. The Balaban J connectivity index is 2.93. The molecule has 1 rings (SSSR count). The van der Waals surface area contributed by atoms with Crippen molar-refractivity contribution >= 4 is 53.1 Å². The third kappa shape index (κ3) is 9.25. The van der Waals surface area contributed by atoms with Crippen molar-refractivity contribution in [3.05, 3.63) is 0 Å². The van der Waals surface area contributed by atoms with Gasteiger partial charge < -0.3 is 31.7 Å². The molecule has 0 spiro atoms. The van der Waals surface area contributed by atoms with Crippen LogP contribution in [-0.4, -0.2) is 101 Å². The number of carbonyl (C=O) groups excluding carboxylic acids is 4. The van der Waals surface area contributed by atoms with Crippen LogP contribution < -0.4 is 21.7 Å². The minimum absolute atomic E-state index is 0.251. The molecule has 1 fully saturated rings. The predicted molar refractivity (Wildman–Crippen MR) is 124 cm³/mol. The van der Waals surface area contributed by atoms with Crippen molar-refractivity contribution in [2.75, 3.05) is 43.7 Å². The Morgan fingerprint density at radius 1 is 1.06 bits per heavy atom. The summed E-state index contributed by atoms with van der Waals surface area (Å²) >= 11 is 3.04. The lowest BCUT2D eigenvalue weighted by Gasteiger charge is -2.29. The lowest BCUT2D eigenvalue weighted by molar-refractivity contribution is -0.143. The average molecular weight is 492 g/mol. The molecule has 3 atom stereocenters. The highest BCUT2D eigenvalue weighted by atomic mass is 32.2. The van der Waals surface area contributed by atoms with Gasteiger partial charge in [0.1, 0.15) is 24.7 Å². The summed E-state index contributed by atoms with van der Waals surface area (Å²) in [5.41, 5.74) is 5.35. The van der Waals surface area contributed by atoms with Crippen LogP contribution in [0.25, 0.3) is 0 Å². The van der Waals surface area contributed by atoms with Gasteiger partial charge in [0.2, 0.25) is 23.6 Å². The topological polar surface area (TPSA) is 171 Å². The number of amides is 4. The molecule has 11 nitrogen and oxygen atoms in total. The van der Waals surface area contributed by atoms with E-state index in [9.17, 15) is 24.0 Å². The summed E-state index contributed by atoms with van der Waals surface area (Å²) in [4.78, 5) is 62.4. The zero-order chi connectivity index (χ0) is 24.1. The Kier molecular flexibility index (Phi) is 13.1. The molecule has 0 aliphatic carbocycles. The van der Waals surface area contributed by atoms with Crippen LogP contribution in [0.15, 0.2) is 0 Å². The summed E-state index contributed by atoms with van der Waals surface area (Å²) in [6.45, 7) is -0.434. The van der Waals surface area contributed by atoms with E-state index < -0.39 is 54.3 Å². The lowest BCUT2D eigenvalue weighted by atomic mass is 10.1. The standard InChI is InChI=1S/C19H33N5O6S2/c1-31-8-5-12(22-15(25)10-20)17(28)23-13(6-9-32-2)19(30)24-7-3-4-14(24)18(29)21-11-16(26)27/h12-14H,3-11,20H2,1-2H3,(H,21,29)(H,22,25)(H,23,28)(H,26,27)/t12-,13-,14-/m0/s1. The highest BCUT2D eigenvalue weighted by Gasteiger charge is 2.38. The molecule has 1 aliphatic rings. The van der Waals surface area contributed by atoms with E-state index in [1.807, 2.05) is 12.5 Å². The van der Waals surface area contributed by atoms with E-state index in [1.54, 1.807) is 0 Å². The maximum absolute atomic E-state index is 13.2. The van der Waals surface area contributed by atoms with E-state index in [-0.39, 0.29) is 6.54 Å². The summed E-state index contributed by atoms with van der Waals surface area (Å²) in [5, 5.41) is 16.4. The second kappa shape index (κ2) is 15.0. The Morgan fingerprint density at radius 2 is 1.69 bits per heavy atom. The molecule has 0 aromatic heterocycles. The molecule has 0 unspecified atom stereocenters. The van der Waals surface area contributed by atoms with E-state index in [1.165, 1.54) is 28.4 Å². The van der Waals surface area contributed by atoms with Gasteiger partial charge in [-0.2, -0.15) is 23.5 Å². The molecule has 0 saturated carbocycles. The number of hydrogen-bond acceptors (Lipinski definition) is 8. The fourth-order valence-electron chi connectivity index (χ4n) is 3.31. The van der Waals surface area contributed by atoms with Crippen molar-refractivity contribution in [2.45, 2.75) is 43.8 Å². The number of nitrogens with one attached hydrogen (secondary N) is 3. The number of carboxylic acids is 1. The highest BCUT2D eigenvalue weighted by Crippen LogP contribution is 2.20. The van der Waals surface area contributed by atoms with Crippen molar-refractivity contribution < 1.29 is 29.1 Å². The van der Waals surface area contributed by atoms with Gasteiger partial charge in [0, 0.05) is 6.54 Å². The number of carbonyl (C=O) groups is 5. The van der Waals surface area contributed by atoms with Crippen molar-refractivity contribution in [1.82, 2.24) is 20.9 Å². The molecule has 0 aromatic carbocycles. The fraction of sp³-hybridized carbons (Fsp3) is 0.737. The molecule has 32 heavy (non-hydrogen) atoms. The van der Waals surface area contributed by atoms with Crippen LogP contribution in [-0.2, 0) is 24.0 Å². The number of thioether (sulfide) groups is 2. The monoisotopic (exact) mass is 491 g/mol. The molecule has 6 N–H and O–H groups in total. The average Bonchev–Trinajstić information content (AvgIpc) is 3.26. The summed E-state index contributed by atoms with van der Waals surface area (Å²) in [5.74, 6) is -1.81. The first-order chi connectivity index (χ1) is 15.2. The third-order valence-electron chi connectivity index (χ3n) is 4.93. The van der Waals surface area contributed by atoms with Crippen LogP contribution in [0, 0.1) is 0 Å². The number of aliphatic carboxylic acids is 1. The van der Waals surface area contributed by atoms with Gasteiger partial charge in [-0.15, -0.1) is 0 Å². The van der Waals surface area contributed by atoms with Gasteiger partial charge in [0.05, 0.1) is 6.54 Å². The Hall–Kier alpha value is -1.99. The van der Waals surface area contributed by atoms with Crippen LogP contribution in [0.1, 0.15) is 25.7 Å². The van der Waals surface area contributed by atoms with Crippen molar-refractivity contribution in [1.29, 1.82) is 0 Å². The van der Waals surface area contributed by atoms with Crippen molar-refractivity contribution in [3.63, 3.8) is 0 Å². The zero-order valence-corrected chi connectivity index (χ0v) is 20.1. The van der Waals surface area contributed by atoms with Gasteiger partial charge in [-0.3, -0.25) is 24.0 Å². The Morgan fingerprint density at radius 3 is 2.25 bits per heavy atom. The quantitative estimate of drug-likeness (QED) is 0.196. The first-order valence-corrected chi connectivity index (χ1v) is 13.1. The number of hydrogen-bond donors (Lipinski definition) is 5. The van der Waals surface area contributed by atoms with Crippen LogP contribution in [0.4, 0.5) is 0 Å². The SMILES string of the molecule is CSCC[C@H](NC(=O)CN)C(=O)N[C@@H](CCSC)C(=O)N1CCC[C@H]1C(=O)NCC(=O)O. The summed E-state index contributed by atoms with van der Waals surface area (Å²) in [6.07, 6.45) is 5.52. The predicted octanol–water partition coefficient (Wildman–Crippen LogP) is -1.39. The van der Waals surface area contributed by atoms with Gasteiger partial charge in [-0.25, -0.2) is 0 Å². The van der Waals surface area contributed by atoms with E-state index in [4.69, 9.17) is 10.8 Å². The molecule has 0 bridgehead atoms. The van der Waals surface area contributed by atoms with Gasteiger partial charge in [0.15, 0.2) is 0 Å². The summed E-state index contributed by atoms with van der Waals surface area (Å²) in [6, 6.07) is -2.47. The van der Waals surface area contributed by atoms with Crippen LogP contribution in [0.2, 0.25) is 0 Å². The second-order valence-electron chi connectivity index (χ2n) is 7.25. The Bertz CT molecular complexity index is 681. The smallest absolute Gasteiger partial charge is 0.322 e. The maximum atomic E-state index is 13.2. The molecule has 13 heteroatoms. The molecule has 0 aromatic rings. The molecule has 182 valence electrons. The van der Waals surface area contributed by atoms with Crippen LogP contribution in [0.3, 0.4) is 0 Å². The first kappa shape index (κ1) is 28.0. The molecule has 1 aliphatic heterocycles. The highest BCUT2D eigenvalue weighted by molar-refractivity contribution is 7.98. The minimum Gasteiger partial charge on any atom is -0.480 e. The van der Waals surface area contributed by atoms with E-state index in [0.717, 1.165) is 0 Å². The minimum atomic E-state index is -1.17. The van der Waals surface area contributed by atoms with Crippen LogP contribution in [0.5, 0.6) is 0 Å². The molecule has 4 amide bonds. The lowest BCUT2D eigenvalue weighted by Crippen LogP contribution is -2.57. The van der Waals surface area contributed by atoms with Crippen molar-refractivity contribution in [2.24, 2.45) is 5.73 Å². The third-order valence-corrected chi connectivity index (χ3v) is 6.21. The van der Waals surface area contributed by atoms with Gasteiger partial charge >= 0.3 is 5.97 Å². The van der Waals surface area contributed by atoms with Crippen molar-refractivity contribution in [3.8, 4) is 0 Å². The van der Waals surface area contributed by atoms with Gasteiger partial charge in [0.25, 0.3) is 0 Å². The van der Waals surface area contributed by atoms with E-state index in [2.05, 4.69) is 16.0 Å². The van der Waals surface area contributed by atoms with Gasteiger partial charge in [-0.1, -0.05) is 0 Å². The largest absolute Gasteiger partial charge is 0.480 e. The number of carboxylic acid groups (broad SMARTS) is 1. The molecule has 1 saturated heterocycles. The summed E-state index contributed by atoms with van der Waals surface area (Å²) in [7, 11) is 0. The van der Waals surface area contributed by atoms with E-state index >= 15 is 0 Å². The molecular weight excluding hydrogens is 458 g/mol. The number of nitrogens with two attached hydrogens (primary N) is 1.